The van der Waals surface area contributed by atoms with Gasteiger partial charge in [-0.05, 0) is 62.0 Å². The minimum absolute atomic E-state index is 0.0247. The van der Waals surface area contributed by atoms with Gasteiger partial charge in [0.2, 0.25) is 0 Å². The molecule has 1 saturated heterocycles. The summed E-state index contributed by atoms with van der Waals surface area (Å²) in [7, 11) is -3.46. The van der Waals surface area contributed by atoms with Gasteiger partial charge in [0, 0.05) is 12.6 Å². The average molecular weight is 406 g/mol. The Morgan fingerprint density at radius 2 is 2.00 bits per heavy atom. The van der Waals surface area contributed by atoms with Crippen LogP contribution in [0.1, 0.15) is 59.3 Å². The van der Waals surface area contributed by atoms with Gasteiger partial charge in [0.15, 0.2) is 0 Å². The van der Waals surface area contributed by atoms with Crippen molar-refractivity contribution in [3.05, 3.63) is 43.0 Å². The van der Waals surface area contributed by atoms with E-state index >= 15 is 0 Å². The molecule has 5 atom stereocenters. The molecule has 0 bridgehead atoms. The topological polar surface area (TPSA) is 38.8 Å². The second-order valence-electron chi connectivity index (χ2n) is 8.83. The van der Waals surface area contributed by atoms with Crippen LogP contribution in [0.4, 0.5) is 0 Å². The highest BCUT2D eigenvalue weighted by Crippen LogP contribution is 2.58. The lowest BCUT2D eigenvalue weighted by Gasteiger charge is -2.40. The summed E-state index contributed by atoms with van der Waals surface area (Å²) in [5.41, 5.74) is 0. The highest BCUT2D eigenvalue weighted by Gasteiger charge is 2.46. The van der Waals surface area contributed by atoms with Crippen molar-refractivity contribution in [2.75, 3.05) is 6.54 Å². The van der Waals surface area contributed by atoms with Gasteiger partial charge in [-0.3, -0.25) is 4.52 Å². The van der Waals surface area contributed by atoms with Crippen molar-refractivity contribution in [3.8, 4) is 5.75 Å². The van der Waals surface area contributed by atoms with Gasteiger partial charge in [-0.15, -0.1) is 6.58 Å². The Kier molecular flexibility index (Phi) is 7.42. The third-order valence-electron chi connectivity index (χ3n) is 6.29. The van der Waals surface area contributed by atoms with Crippen LogP contribution in [0.2, 0.25) is 0 Å². The molecule has 1 saturated carbocycles. The second-order valence-corrected chi connectivity index (χ2v) is 10.7. The molecule has 1 aromatic rings. The lowest BCUT2D eigenvalue weighted by Crippen LogP contribution is -2.37. The molecular formula is C23H36NO3P. The molecule has 156 valence electrons. The maximum Gasteiger partial charge on any atom is 0.461 e. The van der Waals surface area contributed by atoms with Gasteiger partial charge < -0.3 is 4.52 Å². The van der Waals surface area contributed by atoms with Gasteiger partial charge >= 0.3 is 7.75 Å². The van der Waals surface area contributed by atoms with E-state index in [2.05, 4.69) is 27.4 Å². The van der Waals surface area contributed by atoms with Crippen LogP contribution in [-0.2, 0) is 9.09 Å². The molecule has 0 amide bonds. The molecular weight excluding hydrogens is 369 g/mol. The third-order valence-corrected chi connectivity index (χ3v) is 8.43. The first-order valence-electron chi connectivity index (χ1n) is 10.8. The van der Waals surface area contributed by atoms with Gasteiger partial charge in [-0.2, -0.15) is 4.67 Å². The molecule has 1 heterocycles. The predicted molar refractivity (Wildman–Crippen MR) is 115 cm³/mol. The summed E-state index contributed by atoms with van der Waals surface area (Å²) in [5, 5.41) is 0. The van der Waals surface area contributed by atoms with Gasteiger partial charge in [0.05, 0.1) is 6.10 Å². The van der Waals surface area contributed by atoms with E-state index in [9.17, 15) is 4.57 Å². The van der Waals surface area contributed by atoms with Gasteiger partial charge in [0.1, 0.15) is 5.75 Å². The third kappa shape index (κ3) is 5.09. The Labute approximate surface area is 170 Å². The van der Waals surface area contributed by atoms with E-state index < -0.39 is 7.75 Å². The van der Waals surface area contributed by atoms with Crippen molar-refractivity contribution in [3.63, 3.8) is 0 Å². The number of hydrogen-bond donors (Lipinski definition) is 0. The summed E-state index contributed by atoms with van der Waals surface area (Å²) in [6.07, 6.45) is 8.01. The fourth-order valence-electron chi connectivity index (χ4n) is 4.73. The number of para-hydroxylation sites is 1. The summed E-state index contributed by atoms with van der Waals surface area (Å²) in [4.78, 5) is 0. The molecule has 3 rings (SSSR count). The summed E-state index contributed by atoms with van der Waals surface area (Å²) < 4.78 is 28.9. The molecule has 2 unspecified atom stereocenters. The van der Waals surface area contributed by atoms with Crippen LogP contribution in [0.15, 0.2) is 43.0 Å². The SMILES string of the molecule is C=CCC1CCCN1P(=O)(Oc1ccccc1)O[C@@H]1C[C@@H](C)CC[C@H]1C(C)C. The van der Waals surface area contributed by atoms with Crippen molar-refractivity contribution in [2.24, 2.45) is 17.8 Å². The van der Waals surface area contributed by atoms with Crippen LogP contribution >= 0.6 is 7.75 Å². The van der Waals surface area contributed by atoms with Crippen LogP contribution in [0.25, 0.3) is 0 Å². The van der Waals surface area contributed by atoms with Crippen LogP contribution in [-0.4, -0.2) is 23.4 Å². The van der Waals surface area contributed by atoms with Crippen molar-refractivity contribution < 1.29 is 13.6 Å². The fraction of sp³-hybridized carbons (Fsp3) is 0.652. The van der Waals surface area contributed by atoms with E-state index in [1.165, 1.54) is 6.42 Å². The first kappa shape index (κ1) is 21.6. The van der Waals surface area contributed by atoms with Gasteiger partial charge in [-0.1, -0.05) is 51.5 Å². The highest BCUT2D eigenvalue weighted by atomic mass is 31.2. The van der Waals surface area contributed by atoms with Crippen LogP contribution in [0, 0.1) is 17.8 Å². The number of rotatable bonds is 8. The minimum Gasteiger partial charge on any atom is -0.413 e. The van der Waals surface area contributed by atoms with Crippen LogP contribution in [0.3, 0.4) is 0 Å². The molecule has 1 aliphatic heterocycles. The zero-order valence-corrected chi connectivity index (χ0v) is 18.5. The van der Waals surface area contributed by atoms with Crippen molar-refractivity contribution in [1.82, 2.24) is 4.67 Å². The lowest BCUT2D eigenvalue weighted by atomic mass is 9.75. The van der Waals surface area contributed by atoms with E-state index in [1.54, 1.807) is 0 Å². The molecule has 2 fully saturated rings. The molecule has 28 heavy (non-hydrogen) atoms. The molecule has 4 nitrogen and oxygen atoms in total. The first-order valence-corrected chi connectivity index (χ1v) is 12.3. The van der Waals surface area contributed by atoms with E-state index in [1.807, 2.05) is 41.1 Å². The molecule has 0 aromatic heterocycles. The second kappa shape index (κ2) is 9.61. The maximum absolute atomic E-state index is 14.3. The molecule has 1 aromatic carbocycles. The van der Waals surface area contributed by atoms with Crippen molar-refractivity contribution in [2.45, 2.75) is 71.4 Å². The standard InChI is InChI=1S/C23H36NO3P/c1-5-10-20-11-9-16-24(20)28(25,26-21-12-7-6-8-13-21)27-23-17-19(4)14-15-22(23)18(2)3/h5-8,12-13,18-20,22-23H,1,9-11,14-17H2,2-4H3/t19-,20?,22-,23+,28?/m0/s1. The van der Waals surface area contributed by atoms with E-state index in [0.717, 1.165) is 38.6 Å². The number of nitrogens with zero attached hydrogens (tertiary/aromatic N) is 1. The predicted octanol–water partition coefficient (Wildman–Crippen LogP) is 6.69. The normalized spacial score (nSPS) is 30.9. The molecule has 5 heteroatoms. The molecule has 1 aliphatic carbocycles. The monoisotopic (exact) mass is 405 g/mol. The van der Waals surface area contributed by atoms with Crippen molar-refractivity contribution >= 4 is 7.75 Å². The quantitative estimate of drug-likeness (QED) is 0.357. The zero-order chi connectivity index (χ0) is 20.1. The Hall–Kier alpha value is -1.09. The molecule has 0 N–H and O–H groups in total. The van der Waals surface area contributed by atoms with Gasteiger partial charge in [-0.25, -0.2) is 4.57 Å². The van der Waals surface area contributed by atoms with E-state index in [0.29, 0.717) is 23.5 Å². The Balaban J connectivity index is 1.88. The van der Waals surface area contributed by atoms with Crippen LogP contribution < -0.4 is 4.52 Å². The van der Waals surface area contributed by atoms with E-state index in [-0.39, 0.29) is 12.1 Å². The Bertz CT molecular complexity index is 678. The van der Waals surface area contributed by atoms with Crippen molar-refractivity contribution in [1.29, 1.82) is 0 Å². The number of benzene rings is 1. The minimum atomic E-state index is -3.46. The summed E-state index contributed by atoms with van der Waals surface area (Å²) in [5.74, 6) is 2.13. The molecule has 0 spiro atoms. The van der Waals surface area contributed by atoms with Crippen LogP contribution in [0.5, 0.6) is 5.75 Å². The highest BCUT2D eigenvalue weighted by molar-refractivity contribution is 7.51. The first-order chi connectivity index (χ1) is 13.4. The summed E-state index contributed by atoms with van der Waals surface area (Å²) in [6.45, 7) is 11.4. The number of hydrogen-bond acceptors (Lipinski definition) is 3. The molecule has 2 aliphatic rings. The Morgan fingerprint density at radius 3 is 2.68 bits per heavy atom. The van der Waals surface area contributed by atoms with Gasteiger partial charge in [0.25, 0.3) is 0 Å². The Morgan fingerprint density at radius 1 is 1.25 bits per heavy atom. The smallest absolute Gasteiger partial charge is 0.413 e. The average Bonchev–Trinajstić information content (AvgIpc) is 3.12. The van der Waals surface area contributed by atoms with E-state index in [4.69, 9.17) is 9.05 Å². The fourth-order valence-corrected chi connectivity index (χ4v) is 6.97. The molecule has 0 radical (unpaired) electrons. The summed E-state index contributed by atoms with van der Waals surface area (Å²) in [6, 6.07) is 9.64. The largest absolute Gasteiger partial charge is 0.461 e. The zero-order valence-electron chi connectivity index (χ0n) is 17.6. The lowest BCUT2D eigenvalue weighted by molar-refractivity contribution is 0.0275. The maximum atomic E-state index is 14.3. The summed E-state index contributed by atoms with van der Waals surface area (Å²) >= 11 is 0.